The summed E-state index contributed by atoms with van der Waals surface area (Å²) in [6.45, 7) is 1.29. The van der Waals surface area contributed by atoms with Crippen molar-refractivity contribution in [2.24, 2.45) is 0 Å². The molecule has 2 amide bonds. The van der Waals surface area contributed by atoms with Gasteiger partial charge in [-0.3, -0.25) is 4.79 Å². The number of carboxylic acid groups (broad SMARTS) is 1. The number of carbonyl (C=O) groups excluding carboxylic acids is 1. The zero-order valence-corrected chi connectivity index (χ0v) is 9.40. The van der Waals surface area contributed by atoms with Gasteiger partial charge in [-0.25, -0.2) is 9.18 Å². The van der Waals surface area contributed by atoms with Crippen LogP contribution in [0, 0.1) is 17.1 Å². The molecule has 0 fully saturated rings. The van der Waals surface area contributed by atoms with E-state index in [9.17, 15) is 14.0 Å². The highest BCUT2D eigenvalue weighted by molar-refractivity contribution is 5.93. The lowest BCUT2D eigenvalue weighted by Gasteiger charge is -2.11. The van der Waals surface area contributed by atoms with Gasteiger partial charge in [0.25, 0.3) is 0 Å². The molecule has 1 atom stereocenters. The number of amides is 2. The van der Waals surface area contributed by atoms with Crippen molar-refractivity contribution in [3.05, 3.63) is 29.6 Å². The van der Waals surface area contributed by atoms with E-state index in [0.717, 1.165) is 12.1 Å². The van der Waals surface area contributed by atoms with E-state index >= 15 is 0 Å². The summed E-state index contributed by atoms with van der Waals surface area (Å²) in [6, 6.07) is 3.13. The lowest BCUT2D eigenvalue weighted by molar-refractivity contribution is -0.138. The lowest BCUT2D eigenvalue weighted by atomic mass is 10.2. The van der Waals surface area contributed by atoms with Gasteiger partial charge in [0.1, 0.15) is 17.9 Å². The molecule has 0 aliphatic carbocycles. The molecule has 18 heavy (non-hydrogen) atoms. The number of halogens is 1. The third kappa shape index (κ3) is 3.45. The molecule has 1 rings (SSSR count). The molecule has 0 unspecified atom stereocenters. The second-order valence-corrected chi connectivity index (χ2v) is 3.46. The van der Waals surface area contributed by atoms with Gasteiger partial charge in [0, 0.05) is 0 Å². The molecule has 0 spiro atoms. The van der Waals surface area contributed by atoms with Gasteiger partial charge in [-0.2, -0.15) is 5.26 Å². The summed E-state index contributed by atoms with van der Waals surface area (Å²) in [5.41, 5.74) is 0.0575. The maximum absolute atomic E-state index is 12.8. The van der Waals surface area contributed by atoms with Crippen molar-refractivity contribution >= 4 is 17.7 Å². The molecular formula is C11H10FN3O3. The van der Waals surface area contributed by atoms with Crippen LogP contribution in [-0.4, -0.2) is 23.1 Å². The van der Waals surface area contributed by atoms with Gasteiger partial charge in [-0.05, 0) is 25.1 Å². The maximum atomic E-state index is 12.8. The highest BCUT2D eigenvalue weighted by Gasteiger charge is 2.14. The van der Waals surface area contributed by atoms with Crippen LogP contribution in [0.5, 0.6) is 0 Å². The predicted molar refractivity (Wildman–Crippen MR) is 60.4 cm³/mol. The Morgan fingerprint density at radius 3 is 2.72 bits per heavy atom. The molecule has 0 saturated heterocycles. The summed E-state index contributed by atoms with van der Waals surface area (Å²) in [4.78, 5) is 21.9. The Morgan fingerprint density at radius 2 is 2.17 bits per heavy atom. The second-order valence-electron chi connectivity index (χ2n) is 3.46. The van der Waals surface area contributed by atoms with Crippen LogP contribution >= 0.6 is 0 Å². The molecule has 7 heteroatoms. The van der Waals surface area contributed by atoms with E-state index in [1.165, 1.54) is 13.0 Å². The molecule has 0 aliphatic rings. The van der Waals surface area contributed by atoms with E-state index in [0.29, 0.717) is 0 Å². The minimum atomic E-state index is -1.19. The molecule has 1 aromatic carbocycles. The van der Waals surface area contributed by atoms with Crippen molar-refractivity contribution in [3.63, 3.8) is 0 Å². The summed E-state index contributed by atoms with van der Waals surface area (Å²) in [7, 11) is 0. The molecule has 3 N–H and O–H groups in total. The Balaban J connectivity index is 2.77. The Morgan fingerprint density at radius 1 is 1.50 bits per heavy atom. The van der Waals surface area contributed by atoms with Crippen LogP contribution in [0.15, 0.2) is 18.2 Å². The number of nitrogens with one attached hydrogen (secondary N) is 2. The monoisotopic (exact) mass is 251 g/mol. The average Bonchev–Trinajstić information content (AvgIpc) is 2.31. The normalized spacial score (nSPS) is 11.2. The first-order valence-corrected chi connectivity index (χ1v) is 4.94. The van der Waals surface area contributed by atoms with Gasteiger partial charge in [0.2, 0.25) is 0 Å². The highest BCUT2D eigenvalue weighted by atomic mass is 19.1. The molecule has 0 saturated carbocycles. The highest BCUT2D eigenvalue weighted by Crippen LogP contribution is 2.15. The summed E-state index contributed by atoms with van der Waals surface area (Å²) in [6.07, 6.45) is 0. The van der Waals surface area contributed by atoms with E-state index in [4.69, 9.17) is 10.4 Å². The summed E-state index contributed by atoms with van der Waals surface area (Å²) >= 11 is 0. The van der Waals surface area contributed by atoms with Gasteiger partial charge in [-0.1, -0.05) is 0 Å². The first-order chi connectivity index (χ1) is 8.43. The van der Waals surface area contributed by atoms with Crippen molar-refractivity contribution in [1.82, 2.24) is 5.32 Å². The quantitative estimate of drug-likeness (QED) is 0.753. The Bertz CT molecular complexity index is 525. The molecule has 0 bridgehead atoms. The largest absolute Gasteiger partial charge is 0.480 e. The molecule has 0 radical (unpaired) electrons. The van der Waals surface area contributed by atoms with Crippen LogP contribution < -0.4 is 10.6 Å². The minimum Gasteiger partial charge on any atom is -0.480 e. The van der Waals surface area contributed by atoms with Gasteiger partial charge >= 0.3 is 12.0 Å². The average molecular weight is 251 g/mol. The third-order valence-electron chi connectivity index (χ3n) is 2.07. The van der Waals surface area contributed by atoms with Crippen LogP contribution in [0.25, 0.3) is 0 Å². The van der Waals surface area contributed by atoms with Crippen molar-refractivity contribution in [3.8, 4) is 6.07 Å². The van der Waals surface area contributed by atoms with E-state index < -0.39 is 23.9 Å². The number of carbonyl (C=O) groups is 2. The van der Waals surface area contributed by atoms with Crippen LogP contribution in [0.4, 0.5) is 14.9 Å². The lowest BCUT2D eigenvalue weighted by Crippen LogP contribution is -2.40. The molecule has 0 aromatic heterocycles. The number of rotatable bonds is 3. The van der Waals surface area contributed by atoms with Gasteiger partial charge < -0.3 is 15.7 Å². The number of anilines is 1. The van der Waals surface area contributed by atoms with Gasteiger partial charge in [-0.15, -0.1) is 0 Å². The fourth-order valence-electron chi connectivity index (χ4n) is 1.13. The molecular weight excluding hydrogens is 241 g/mol. The fraction of sp³-hybridized carbons (Fsp3) is 0.182. The van der Waals surface area contributed by atoms with E-state index in [1.807, 2.05) is 0 Å². The Labute approximate surface area is 102 Å². The molecule has 94 valence electrons. The number of hydrogen-bond donors (Lipinski definition) is 3. The SMILES string of the molecule is C[C@@H](NC(=O)Nc1ccc(F)cc1C#N)C(=O)O. The van der Waals surface area contributed by atoms with Gasteiger partial charge in [0.15, 0.2) is 0 Å². The van der Waals surface area contributed by atoms with Crippen LogP contribution in [0.3, 0.4) is 0 Å². The maximum Gasteiger partial charge on any atom is 0.325 e. The zero-order valence-electron chi connectivity index (χ0n) is 9.40. The number of aliphatic carboxylic acids is 1. The first-order valence-electron chi connectivity index (χ1n) is 4.94. The summed E-state index contributed by atoms with van der Waals surface area (Å²) < 4.78 is 12.8. The number of hydrogen-bond acceptors (Lipinski definition) is 3. The smallest absolute Gasteiger partial charge is 0.325 e. The number of urea groups is 1. The minimum absolute atomic E-state index is 0.0480. The summed E-state index contributed by atoms with van der Waals surface area (Å²) in [5, 5.41) is 21.7. The van der Waals surface area contributed by atoms with Gasteiger partial charge in [0.05, 0.1) is 11.3 Å². The number of nitrogens with zero attached hydrogens (tertiary/aromatic N) is 1. The third-order valence-corrected chi connectivity index (χ3v) is 2.07. The van der Waals surface area contributed by atoms with Crippen LogP contribution in [0.2, 0.25) is 0 Å². The fourth-order valence-corrected chi connectivity index (χ4v) is 1.13. The number of nitriles is 1. The van der Waals surface area contributed by atoms with Crippen molar-refractivity contribution in [2.75, 3.05) is 5.32 Å². The molecule has 0 aliphatic heterocycles. The van der Waals surface area contributed by atoms with Crippen LogP contribution in [-0.2, 0) is 4.79 Å². The zero-order chi connectivity index (χ0) is 13.7. The van der Waals surface area contributed by atoms with E-state index in [2.05, 4.69) is 10.6 Å². The standard InChI is InChI=1S/C11H10FN3O3/c1-6(10(16)17)14-11(18)15-9-3-2-8(12)4-7(9)5-13/h2-4,6H,1H3,(H,16,17)(H2,14,15,18)/t6-/m1/s1. The molecule has 1 aromatic rings. The Kier molecular flexibility index (Phi) is 4.21. The van der Waals surface area contributed by atoms with E-state index in [1.54, 1.807) is 6.07 Å². The van der Waals surface area contributed by atoms with Crippen molar-refractivity contribution in [2.45, 2.75) is 13.0 Å². The topological polar surface area (TPSA) is 102 Å². The molecule has 6 nitrogen and oxygen atoms in total. The van der Waals surface area contributed by atoms with Crippen molar-refractivity contribution in [1.29, 1.82) is 5.26 Å². The predicted octanol–water partition coefficient (Wildman–Crippen LogP) is 1.29. The Hall–Kier alpha value is -2.62. The van der Waals surface area contributed by atoms with Crippen molar-refractivity contribution < 1.29 is 19.1 Å². The first kappa shape index (κ1) is 13.4. The summed E-state index contributed by atoms with van der Waals surface area (Å²) in [5.74, 6) is -1.79. The number of carboxylic acids is 1. The number of benzene rings is 1. The van der Waals surface area contributed by atoms with E-state index in [-0.39, 0.29) is 11.3 Å². The second kappa shape index (κ2) is 5.63. The van der Waals surface area contributed by atoms with Crippen LogP contribution in [0.1, 0.15) is 12.5 Å². The molecule has 0 heterocycles.